The molecular formula is C35H30N2. The summed E-state index contributed by atoms with van der Waals surface area (Å²) in [5, 5.41) is 0. The van der Waals surface area contributed by atoms with Crippen molar-refractivity contribution >= 4 is 11.4 Å². The van der Waals surface area contributed by atoms with Crippen molar-refractivity contribution in [2.45, 2.75) is 12.0 Å². The Morgan fingerprint density at radius 3 is 1.49 bits per heavy atom. The van der Waals surface area contributed by atoms with Crippen LogP contribution in [0.1, 0.15) is 27.8 Å². The van der Waals surface area contributed by atoms with E-state index in [1.54, 1.807) is 0 Å². The fourth-order valence-electron chi connectivity index (χ4n) is 6.62. The van der Waals surface area contributed by atoms with E-state index >= 15 is 0 Å². The third-order valence-corrected chi connectivity index (χ3v) is 8.29. The van der Waals surface area contributed by atoms with Crippen molar-refractivity contribution in [3.8, 4) is 22.3 Å². The molecule has 0 atom stereocenters. The van der Waals surface area contributed by atoms with Gasteiger partial charge in [-0.3, -0.25) is 0 Å². The summed E-state index contributed by atoms with van der Waals surface area (Å²) in [5.41, 5.74) is 14.5. The summed E-state index contributed by atoms with van der Waals surface area (Å²) in [4.78, 5) is 4.47. The first-order chi connectivity index (χ1) is 18.1. The van der Waals surface area contributed by atoms with Crippen LogP contribution in [0.5, 0.6) is 0 Å². The van der Waals surface area contributed by atoms with Crippen LogP contribution in [0.3, 0.4) is 0 Å². The van der Waals surface area contributed by atoms with Crippen molar-refractivity contribution < 1.29 is 0 Å². The van der Waals surface area contributed by atoms with E-state index < -0.39 is 0 Å². The van der Waals surface area contributed by atoms with Crippen molar-refractivity contribution in [2.24, 2.45) is 0 Å². The molecule has 2 aliphatic rings. The fourth-order valence-corrected chi connectivity index (χ4v) is 6.62. The minimum absolute atomic E-state index is 0.258. The Morgan fingerprint density at radius 1 is 0.486 bits per heavy atom. The highest BCUT2D eigenvalue weighted by atomic mass is 15.1. The van der Waals surface area contributed by atoms with E-state index in [2.05, 4.69) is 146 Å². The number of fused-ring (bicyclic) bond motifs is 10. The van der Waals surface area contributed by atoms with Crippen molar-refractivity contribution in [3.05, 3.63) is 143 Å². The Balaban J connectivity index is 1.36. The average molecular weight is 479 g/mol. The van der Waals surface area contributed by atoms with Gasteiger partial charge in [-0.1, -0.05) is 84.9 Å². The van der Waals surface area contributed by atoms with Gasteiger partial charge >= 0.3 is 0 Å². The van der Waals surface area contributed by atoms with Gasteiger partial charge in [0.2, 0.25) is 0 Å². The van der Waals surface area contributed by atoms with Gasteiger partial charge in [0.05, 0.1) is 5.41 Å². The minimum atomic E-state index is -0.258. The van der Waals surface area contributed by atoms with E-state index in [0.717, 1.165) is 6.54 Å². The first kappa shape index (κ1) is 21.9. The molecule has 2 nitrogen and oxygen atoms in total. The second kappa shape index (κ2) is 8.11. The minimum Gasteiger partial charge on any atom is -0.378 e. The predicted octanol–water partition coefficient (Wildman–Crippen LogP) is 7.73. The van der Waals surface area contributed by atoms with Gasteiger partial charge in [0, 0.05) is 39.1 Å². The van der Waals surface area contributed by atoms with Crippen molar-refractivity contribution in [1.82, 2.24) is 0 Å². The number of hydrogen-bond donors (Lipinski definition) is 0. The summed E-state index contributed by atoms with van der Waals surface area (Å²) in [6.07, 6.45) is 0. The number of rotatable bonds is 4. The van der Waals surface area contributed by atoms with Crippen LogP contribution in [0.15, 0.2) is 115 Å². The molecule has 2 aliphatic carbocycles. The Morgan fingerprint density at radius 2 is 0.946 bits per heavy atom. The second-order valence-electron chi connectivity index (χ2n) is 10.5. The van der Waals surface area contributed by atoms with Crippen LogP contribution in [0.2, 0.25) is 0 Å². The first-order valence-electron chi connectivity index (χ1n) is 13.0. The fraction of sp³-hybridized carbons (Fsp3) is 0.143. The monoisotopic (exact) mass is 478 g/mol. The van der Waals surface area contributed by atoms with Crippen molar-refractivity contribution in [2.75, 3.05) is 30.9 Å². The molecule has 0 heterocycles. The van der Waals surface area contributed by atoms with E-state index in [9.17, 15) is 0 Å². The van der Waals surface area contributed by atoms with Gasteiger partial charge in [0.25, 0.3) is 0 Å². The topological polar surface area (TPSA) is 6.48 Å². The summed E-state index contributed by atoms with van der Waals surface area (Å²) < 4.78 is 0. The molecule has 0 unspecified atom stereocenters. The molecule has 0 aromatic heterocycles. The zero-order valence-corrected chi connectivity index (χ0v) is 21.6. The molecule has 0 radical (unpaired) electrons. The SMILES string of the molecule is CN(C)c1ccc(N(C)Cc2ccc3c(c2)-c2ccccc2C32c3ccccc3-c3ccccc32)cc1. The lowest BCUT2D eigenvalue weighted by molar-refractivity contribution is 0.792. The van der Waals surface area contributed by atoms with Gasteiger partial charge in [-0.25, -0.2) is 0 Å². The Kier molecular flexibility index (Phi) is 4.81. The summed E-state index contributed by atoms with van der Waals surface area (Å²) in [6.45, 7) is 0.858. The maximum atomic E-state index is 2.43. The lowest BCUT2D eigenvalue weighted by Gasteiger charge is -2.30. The standard InChI is InChI=1S/C35H30N2/c1-36(2)25-17-19-26(20-18-25)37(3)23-24-16-21-34-30(22-24)29-12-6-9-15-33(29)35(34)31-13-7-4-10-27(31)28-11-5-8-14-32(28)35/h4-22H,23H2,1-3H3. The Hall–Kier alpha value is -4.30. The van der Waals surface area contributed by atoms with Crippen LogP contribution in [0.4, 0.5) is 11.4 Å². The van der Waals surface area contributed by atoms with E-state index in [0.29, 0.717) is 0 Å². The highest BCUT2D eigenvalue weighted by molar-refractivity contribution is 5.95. The molecule has 1 spiro atoms. The third-order valence-electron chi connectivity index (χ3n) is 8.29. The Bertz CT molecular complexity index is 1600. The average Bonchev–Trinajstić information content (AvgIpc) is 3.40. The van der Waals surface area contributed by atoms with E-state index in [1.165, 1.54) is 61.4 Å². The highest BCUT2D eigenvalue weighted by Gasteiger charge is 2.51. The molecular weight excluding hydrogens is 448 g/mol. The summed E-state index contributed by atoms with van der Waals surface area (Å²) in [6, 6.07) is 42.9. The van der Waals surface area contributed by atoms with Crippen LogP contribution >= 0.6 is 0 Å². The molecule has 180 valence electrons. The number of benzene rings is 5. The van der Waals surface area contributed by atoms with E-state index in [1.807, 2.05) is 0 Å². The van der Waals surface area contributed by atoms with Crippen LogP contribution in [-0.2, 0) is 12.0 Å². The van der Waals surface area contributed by atoms with Crippen LogP contribution in [-0.4, -0.2) is 21.1 Å². The van der Waals surface area contributed by atoms with Crippen LogP contribution in [0, 0.1) is 0 Å². The summed E-state index contributed by atoms with van der Waals surface area (Å²) >= 11 is 0. The number of nitrogens with zero attached hydrogens (tertiary/aromatic N) is 2. The molecule has 0 saturated heterocycles. The largest absolute Gasteiger partial charge is 0.378 e. The predicted molar refractivity (Wildman–Crippen MR) is 156 cm³/mol. The molecule has 0 bridgehead atoms. The van der Waals surface area contributed by atoms with Gasteiger partial charge in [-0.15, -0.1) is 0 Å². The zero-order valence-electron chi connectivity index (χ0n) is 21.6. The van der Waals surface area contributed by atoms with Crippen LogP contribution in [0.25, 0.3) is 22.3 Å². The van der Waals surface area contributed by atoms with Crippen molar-refractivity contribution in [1.29, 1.82) is 0 Å². The third kappa shape index (κ3) is 3.05. The molecule has 0 fully saturated rings. The molecule has 0 amide bonds. The van der Waals surface area contributed by atoms with E-state index in [4.69, 9.17) is 0 Å². The normalized spacial score (nSPS) is 13.6. The summed E-state index contributed by atoms with van der Waals surface area (Å²) in [5.74, 6) is 0. The van der Waals surface area contributed by atoms with Gasteiger partial charge in [0.1, 0.15) is 0 Å². The molecule has 5 aromatic rings. The molecule has 2 heteroatoms. The van der Waals surface area contributed by atoms with Gasteiger partial charge in [-0.05, 0) is 80.4 Å². The molecule has 0 saturated carbocycles. The summed E-state index contributed by atoms with van der Waals surface area (Å²) in [7, 11) is 6.33. The molecule has 0 N–H and O–H groups in total. The van der Waals surface area contributed by atoms with Gasteiger partial charge in [0.15, 0.2) is 0 Å². The lowest BCUT2D eigenvalue weighted by atomic mass is 9.70. The quantitative estimate of drug-likeness (QED) is 0.255. The number of anilines is 2. The number of hydrogen-bond acceptors (Lipinski definition) is 2. The first-order valence-corrected chi connectivity index (χ1v) is 13.0. The molecule has 37 heavy (non-hydrogen) atoms. The Labute approximate surface area is 219 Å². The van der Waals surface area contributed by atoms with Gasteiger partial charge < -0.3 is 9.80 Å². The smallest absolute Gasteiger partial charge is 0.0725 e. The van der Waals surface area contributed by atoms with Gasteiger partial charge in [-0.2, -0.15) is 0 Å². The maximum absolute atomic E-state index is 2.43. The molecule has 5 aromatic carbocycles. The zero-order chi connectivity index (χ0) is 25.1. The lowest BCUT2D eigenvalue weighted by Crippen LogP contribution is -2.25. The molecule has 0 aliphatic heterocycles. The maximum Gasteiger partial charge on any atom is 0.0725 e. The van der Waals surface area contributed by atoms with E-state index in [-0.39, 0.29) is 5.41 Å². The van der Waals surface area contributed by atoms with Crippen LogP contribution < -0.4 is 9.80 Å². The van der Waals surface area contributed by atoms with Crippen molar-refractivity contribution in [3.63, 3.8) is 0 Å². The molecule has 7 rings (SSSR count). The second-order valence-corrected chi connectivity index (χ2v) is 10.5. The highest BCUT2D eigenvalue weighted by Crippen LogP contribution is 2.62.